The Morgan fingerprint density at radius 1 is 1.04 bits per heavy atom. The fourth-order valence-electron chi connectivity index (χ4n) is 2.71. The number of rotatable bonds is 9. The van der Waals surface area contributed by atoms with E-state index < -0.39 is 10.0 Å². The van der Waals surface area contributed by atoms with Gasteiger partial charge < -0.3 is 10.1 Å². The van der Waals surface area contributed by atoms with Crippen LogP contribution in [0.1, 0.15) is 23.6 Å². The summed E-state index contributed by atoms with van der Waals surface area (Å²) in [5, 5.41) is 3.46. The zero-order valence-corrected chi connectivity index (χ0v) is 17.9. The van der Waals surface area contributed by atoms with Gasteiger partial charge in [0.15, 0.2) is 0 Å². The lowest BCUT2D eigenvalue weighted by Crippen LogP contribution is -2.33. The summed E-state index contributed by atoms with van der Waals surface area (Å²) >= 11 is 0. The van der Waals surface area contributed by atoms with Crippen molar-refractivity contribution < 1.29 is 13.2 Å². The standard InChI is InChI=1S/C20H28N2O3S.ClH/c1-15-6-5-7-16(2)20(15)25-14-17(3)21-13-12-18-8-10-19(11-9-18)22-26(4,23)24;/h5-11,17,21-22H,12-14H2,1-4H3;1H. The van der Waals surface area contributed by atoms with E-state index in [1.54, 1.807) is 12.1 Å². The smallest absolute Gasteiger partial charge is 0.229 e. The van der Waals surface area contributed by atoms with Crippen molar-refractivity contribution >= 4 is 28.1 Å². The first-order chi connectivity index (χ1) is 12.2. The van der Waals surface area contributed by atoms with Crippen molar-refractivity contribution in [2.45, 2.75) is 33.2 Å². The molecule has 27 heavy (non-hydrogen) atoms. The minimum atomic E-state index is -3.23. The fraction of sp³-hybridized carbons (Fsp3) is 0.400. The van der Waals surface area contributed by atoms with E-state index >= 15 is 0 Å². The van der Waals surface area contributed by atoms with E-state index in [0.717, 1.165) is 41.7 Å². The quantitative estimate of drug-likeness (QED) is 0.659. The summed E-state index contributed by atoms with van der Waals surface area (Å²) in [6.45, 7) is 7.66. The first kappa shape index (κ1) is 23.3. The van der Waals surface area contributed by atoms with E-state index in [0.29, 0.717) is 12.3 Å². The fourth-order valence-corrected chi connectivity index (χ4v) is 3.27. The van der Waals surface area contributed by atoms with Gasteiger partial charge in [0, 0.05) is 11.7 Å². The molecule has 0 radical (unpaired) electrons. The van der Waals surface area contributed by atoms with Crippen molar-refractivity contribution in [1.82, 2.24) is 5.32 Å². The number of halogens is 1. The number of sulfonamides is 1. The molecule has 7 heteroatoms. The van der Waals surface area contributed by atoms with E-state index in [9.17, 15) is 8.42 Å². The number of nitrogens with one attached hydrogen (secondary N) is 2. The normalized spacial score (nSPS) is 12.1. The van der Waals surface area contributed by atoms with Gasteiger partial charge in [-0.15, -0.1) is 12.4 Å². The molecule has 2 rings (SSSR count). The van der Waals surface area contributed by atoms with Crippen molar-refractivity contribution in [3.8, 4) is 5.75 Å². The molecule has 0 saturated heterocycles. The van der Waals surface area contributed by atoms with Gasteiger partial charge in [-0.2, -0.15) is 0 Å². The summed E-state index contributed by atoms with van der Waals surface area (Å²) in [5.74, 6) is 0.968. The highest BCUT2D eigenvalue weighted by atomic mass is 35.5. The second-order valence-corrected chi connectivity index (χ2v) is 8.46. The van der Waals surface area contributed by atoms with Gasteiger partial charge in [0.1, 0.15) is 12.4 Å². The van der Waals surface area contributed by atoms with Crippen LogP contribution in [-0.4, -0.2) is 33.9 Å². The number of benzene rings is 2. The summed E-state index contributed by atoms with van der Waals surface area (Å²) in [5.41, 5.74) is 4.04. The van der Waals surface area contributed by atoms with E-state index in [-0.39, 0.29) is 18.4 Å². The molecule has 1 atom stereocenters. The van der Waals surface area contributed by atoms with Crippen molar-refractivity contribution in [2.24, 2.45) is 0 Å². The Balaban J connectivity index is 0.00000364. The maximum absolute atomic E-state index is 11.2. The largest absolute Gasteiger partial charge is 0.491 e. The minimum Gasteiger partial charge on any atom is -0.491 e. The van der Waals surface area contributed by atoms with Crippen LogP contribution in [0.5, 0.6) is 5.75 Å². The average Bonchev–Trinajstić information content (AvgIpc) is 2.54. The van der Waals surface area contributed by atoms with Crippen LogP contribution in [0.3, 0.4) is 0 Å². The van der Waals surface area contributed by atoms with Crippen LogP contribution < -0.4 is 14.8 Å². The number of aryl methyl sites for hydroxylation is 2. The average molecular weight is 413 g/mol. The van der Waals surface area contributed by atoms with Crippen molar-refractivity contribution in [3.63, 3.8) is 0 Å². The van der Waals surface area contributed by atoms with Crippen LogP contribution in [-0.2, 0) is 16.4 Å². The Morgan fingerprint density at radius 2 is 1.63 bits per heavy atom. The molecule has 0 saturated carbocycles. The van der Waals surface area contributed by atoms with E-state index in [1.807, 2.05) is 18.2 Å². The van der Waals surface area contributed by atoms with Gasteiger partial charge in [-0.3, -0.25) is 4.72 Å². The molecule has 0 aromatic heterocycles. The molecule has 0 spiro atoms. The third kappa shape index (κ3) is 8.20. The molecule has 2 aromatic carbocycles. The second-order valence-electron chi connectivity index (χ2n) is 6.71. The maximum atomic E-state index is 11.2. The van der Waals surface area contributed by atoms with Crippen LogP contribution in [0.15, 0.2) is 42.5 Å². The van der Waals surface area contributed by atoms with E-state index in [2.05, 4.69) is 42.9 Å². The maximum Gasteiger partial charge on any atom is 0.229 e. The highest BCUT2D eigenvalue weighted by Crippen LogP contribution is 2.22. The van der Waals surface area contributed by atoms with Crippen LogP contribution >= 0.6 is 12.4 Å². The third-order valence-electron chi connectivity index (χ3n) is 4.05. The Bertz CT molecular complexity index is 803. The monoisotopic (exact) mass is 412 g/mol. The molecule has 0 aliphatic heterocycles. The van der Waals surface area contributed by atoms with Crippen molar-refractivity contribution in [1.29, 1.82) is 0 Å². The molecular weight excluding hydrogens is 384 g/mol. The number of ether oxygens (including phenoxy) is 1. The molecule has 0 amide bonds. The number of anilines is 1. The van der Waals surface area contributed by atoms with E-state index in [1.165, 1.54) is 0 Å². The molecule has 0 aliphatic carbocycles. The Morgan fingerprint density at radius 3 is 2.19 bits per heavy atom. The molecule has 2 aromatic rings. The molecule has 1 unspecified atom stereocenters. The van der Waals surface area contributed by atoms with Crippen LogP contribution in [0.4, 0.5) is 5.69 Å². The highest BCUT2D eigenvalue weighted by Gasteiger charge is 2.07. The number of hydrogen-bond acceptors (Lipinski definition) is 4. The SMILES string of the molecule is Cc1cccc(C)c1OCC(C)NCCc1ccc(NS(C)(=O)=O)cc1.Cl. The van der Waals surface area contributed by atoms with Gasteiger partial charge in [0.2, 0.25) is 10.0 Å². The molecule has 2 N–H and O–H groups in total. The second kappa shape index (κ2) is 10.5. The first-order valence-corrected chi connectivity index (χ1v) is 10.6. The summed E-state index contributed by atoms with van der Waals surface area (Å²) in [7, 11) is -3.23. The van der Waals surface area contributed by atoms with Gasteiger partial charge in [0.25, 0.3) is 0 Å². The zero-order valence-electron chi connectivity index (χ0n) is 16.3. The molecular formula is C20H29ClN2O3S. The van der Waals surface area contributed by atoms with E-state index in [4.69, 9.17) is 4.74 Å². The van der Waals surface area contributed by atoms with Gasteiger partial charge >= 0.3 is 0 Å². The summed E-state index contributed by atoms with van der Waals surface area (Å²) < 4.78 is 30.8. The van der Waals surface area contributed by atoms with Crippen molar-refractivity contribution in [3.05, 3.63) is 59.2 Å². The highest BCUT2D eigenvalue weighted by molar-refractivity contribution is 7.92. The van der Waals surface area contributed by atoms with Gasteiger partial charge in [-0.05, 0) is 62.6 Å². The minimum absolute atomic E-state index is 0. The van der Waals surface area contributed by atoms with Gasteiger partial charge in [0.05, 0.1) is 6.26 Å². The summed E-state index contributed by atoms with van der Waals surface area (Å²) in [6.07, 6.45) is 2.01. The topological polar surface area (TPSA) is 67.4 Å². The molecule has 0 bridgehead atoms. The predicted molar refractivity (Wildman–Crippen MR) is 115 cm³/mol. The van der Waals surface area contributed by atoms with Crippen LogP contribution in [0.2, 0.25) is 0 Å². The Labute approximate surface area is 169 Å². The summed E-state index contributed by atoms with van der Waals surface area (Å²) in [4.78, 5) is 0. The number of hydrogen-bond donors (Lipinski definition) is 2. The molecule has 0 heterocycles. The molecule has 0 fully saturated rings. The first-order valence-electron chi connectivity index (χ1n) is 8.74. The third-order valence-corrected chi connectivity index (χ3v) is 4.66. The van der Waals surface area contributed by atoms with Crippen LogP contribution in [0.25, 0.3) is 0 Å². The zero-order chi connectivity index (χ0) is 19.2. The van der Waals surface area contributed by atoms with Gasteiger partial charge in [-0.1, -0.05) is 30.3 Å². The summed E-state index contributed by atoms with van der Waals surface area (Å²) in [6, 6.07) is 13.8. The van der Waals surface area contributed by atoms with Gasteiger partial charge in [-0.25, -0.2) is 8.42 Å². The molecule has 5 nitrogen and oxygen atoms in total. The lowest BCUT2D eigenvalue weighted by Gasteiger charge is -2.17. The Kier molecular flexibility index (Phi) is 9.09. The Hall–Kier alpha value is -1.76. The predicted octanol–water partition coefficient (Wildman–Crippen LogP) is 3.70. The number of para-hydroxylation sites is 1. The van der Waals surface area contributed by atoms with Crippen LogP contribution in [0, 0.1) is 13.8 Å². The van der Waals surface area contributed by atoms with Crippen molar-refractivity contribution in [2.75, 3.05) is 24.1 Å². The molecule has 0 aliphatic rings. The lowest BCUT2D eigenvalue weighted by molar-refractivity contribution is 0.271. The lowest BCUT2D eigenvalue weighted by atomic mass is 10.1. The molecule has 150 valence electrons.